The molecule has 1 amide bonds. The molecule has 0 bridgehead atoms. The maximum Gasteiger partial charge on any atom is 0.228 e. The number of ether oxygens (including phenoxy) is 1. The summed E-state index contributed by atoms with van der Waals surface area (Å²) in [5.41, 5.74) is 5.12. The lowest BCUT2D eigenvalue weighted by Crippen LogP contribution is -2.14. The maximum atomic E-state index is 14.7. The molecule has 1 aliphatic carbocycles. The van der Waals surface area contributed by atoms with E-state index in [9.17, 15) is 9.18 Å². The molecule has 2 unspecified atom stereocenters. The second-order valence-corrected chi connectivity index (χ2v) is 8.60. The number of rotatable bonds is 7. The highest BCUT2D eigenvalue weighted by Crippen LogP contribution is 2.51. The van der Waals surface area contributed by atoms with Gasteiger partial charge in [0.1, 0.15) is 0 Å². The molecule has 34 heavy (non-hydrogen) atoms. The van der Waals surface area contributed by atoms with Crippen molar-refractivity contribution in [1.29, 1.82) is 0 Å². The van der Waals surface area contributed by atoms with Gasteiger partial charge in [-0.2, -0.15) is 5.10 Å². The Morgan fingerprint density at radius 2 is 1.88 bits per heavy atom. The van der Waals surface area contributed by atoms with E-state index in [2.05, 4.69) is 5.32 Å². The summed E-state index contributed by atoms with van der Waals surface area (Å²) in [6.07, 6.45) is 2.69. The van der Waals surface area contributed by atoms with Gasteiger partial charge in [0.25, 0.3) is 0 Å². The number of aryl methyl sites for hydroxylation is 1. The normalized spacial score (nSPS) is 16.8. The van der Waals surface area contributed by atoms with Crippen molar-refractivity contribution in [3.05, 3.63) is 95.9 Å². The Hall–Kier alpha value is -3.93. The number of halogens is 1. The van der Waals surface area contributed by atoms with Gasteiger partial charge in [0, 0.05) is 34.8 Å². The van der Waals surface area contributed by atoms with Crippen molar-refractivity contribution in [3.63, 3.8) is 0 Å². The number of carbonyl (C=O) groups excluding carboxylic acids is 1. The van der Waals surface area contributed by atoms with Crippen molar-refractivity contribution in [2.45, 2.75) is 26.2 Å². The van der Waals surface area contributed by atoms with Gasteiger partial charge in [-0.05, 0) is 62.7 Å². The van der Waals surface area contributed by atoms with Crippen LogP contribution >= 0.6 is 0 Å². The lowest BCUT2D eigenvalue weighted by Gasteiger charge is -2.07. The van der Waals surface area contributed by atoms with Crippen molar-refractivity contribution in [2.24, 2.45) is 5.92 Å². The molecule has 1 heterocycles. The number of hydrogen-bond acceptors (Lipinski definition) is 3. The van der Waals surface area contributed by atoms with E-state index < -0.39 is 5.82 Å². The number of amides is 1. The molecule has 1 saturated carbocycles. The van der Waals surface area contributed by atoms with Crippen LogP contribution in [0.1, 0.15) is 30.4 Å². The molecule has 1 fully saturated rings. The van der Waals surface area contributed by atoms with Gasteiger partial charge in [0.2, 0.25) is 5.91 Å². The molecule has 3 aromatic carbocycles. The monoisotopic (exact) mass is 455 g/mol. The molecule has 0 radical (unpaired) electrons. The smallest absolute Gasteiger partial charge is 0.228 e. The first-order valence-electron chi connectivity index (χ1n) is 11.5. The Labute approximate surface area is 198 Å². The zero-order valence-electron chi connectivity index (χ0n) is 19.2. The van der Waals surface area contributed by atoms with E-state index in [-0.39, 0.29) is 23.5 Å². The third-order valence-corrected chi connectivity index (χ3v) is 6.11. The van der Waals surface area contributed by atoms with Gasteiger partial charge in [-0.15, -0.1) is 0 Å². The van der Waals surface area contributed by atoms with Crippen LogP contribution in [0.5, 0.6) is 5.75 Å². The van der Waals surface area contributed by atoms with Crippen molar-refractivity contribution in [1.82, 2.24) is 9.78 Å². The van der Waals surface area contributed by atoms with Crippen molar-refractivity contribution >= 4 is 11.6 Å². The fourth-order valence-electron chi connectivity index (χ4n) is 4.22. The summed E-state index contributed by atoms with van der Waals surface area (Å²) >= 11 is 0. The minimum absolute atomic E-state index is 0.00913. The summed E-state index contributed by atoms with van der Waals surface area (Å²) < 4.78 is 21.8. The Morgan fingerprint density at radius 3 is 2.59 bits per heavy atom. The van der Waals surface area contributed by atoms with Gasteiger partial charge in [-0.1, -0.05) is 35.9 Å². The molecule has 5 nitrogen and oxygen atoms in total. The van der Waals surface area contributed by atoms with E-state index in [1.54, 1.807) is 10.7 Å². The van der Waals surface area contributed by atoms with Crippen LogP contribution in [0.25, 0.3) is 16.9 Å². The fourth-order valence-corrected chi connectivity index (χ4v) is 4.22. The predicted octanol–water partition coefficient (Wildman–Crippen LogP) is 6.13. The summed E-state index contributed by atoms with van der Waals surface area (Å²) in [6.45, 7) is 4.23. The number of para-hydroxylation sites is 1. The third-order valence-electron chi connectivity index (χ3n) is 6.11. The van der Waals surface area contributed by atoms with E-state index in [1.165, 1.54) is 6.07 Å². The number of nitrogens with one attached hydrogen (secondary N) is 1. The van der Waals surface area contributed by atoms with Gasteiger partial charge in [0.15, 0.2) is 11.6 Å². The van der Waals surface area contributed by atoms with Crippen molar-refractivity contribution in [2.75, 3.05) is 11.9 Å². The van der Waals surface area contributed by atoms with Crippen LogP contribution in [-0.2, 0) is 4.79 Å². The summed E-state index contributed by atoms with van der Waals surface area (Å²) in [6, 6.07) is 22.4. The van der Waals surface area contributed by atoms with Crippen molar-refractivity contribution in [3.8, 4) is 22.7 Å². The van der Waals surface area contributed by atoms with Crippen LogP contribution in [0, 0.1) is 18.7 Å². The molecule has 1 aromatic heterocycles. The molecular formula is C28H26FN3O2. The number of nitrogens with zero attached hydrogens (tertiary/aromatic N) is 2. The molecule has 0 spiro atoms. The highest BCUT2D eigenvalue weighted by molar-refractivity contribution is 5.95. The van der Waals surface area contributed by atoms with Crippen LogP contribution in [-0.4, -0.2) is 22.3 Å². The van der Waals surface area contributed by atoms with Gasteiger partial charge >= 0.3 is 0 Å². The van der Waals surface area contributed by atoms with Crippen LogP contribution in [0.15, 0.2) is 79.0 Å². The highest BCUT2D eigenvalue weighted by Gasteiger charge is 2.46. The summed E-state index contributed by atoms with van der Waals surface area (Å²) in [7, 11) is 0. The van der Waals surface area contributed by atoms with Crippen molar-refractivity contribution < 1.29 is 13.9 Å². The average molecular weight is 456 g/mol. The maximum absolute atomic E-state index is 14.7. The zero-order chi connectivity index (χ0) is 23.7. The molecule has 2 atom stereocenters. The van der Waals surface area contributed by atoms with Gasteiger partial charge < -0.3 is 10.1 Å². The molecule has 0 aliphatic heterocycles. The number of benzene rings is 3. The van der Waals surface area contributed by atoms with Crippen LogP contribution in [0.3, 0.4) is 0 Å². The first-order chi connectivity index (χ1) is 16.5. The molecule has 172 valence electrons. The van der Waals surface area contributed by atoms with E-state index in [0.717, 1.165) is 28.9 Å². The number of aromatic nitrogens is 2. The zero-order valence-corrected chi connectivity index (χ0v) is 19.2. The number of hydrogen-bond donors (Lipinski definition) is 1. The van der Waals surface area contributed by atoms with E-state index >= 15 is 0 Å². The van der Waals surface area contributed by atoms with Crippen LogP contribution in [0.4, 0.5) is 10.1 Å². The largest absolute Gasteiger partial charge is 0.491 e. The summed E-state index contributed by atoms with van der Waals surface area (Å²) in [4.78, 5) is 12.9. The standard InChI is InChI=1S/C28H26FN3O2/c1-3-34-26-14-11-19(15-25(26)29)27-24(17-32(31-27)21-7-5-4-6-8-21)22-16-23(22)28(33)30-20-12-9-18(2)10-13-20/h4-15,17,22-23H,3,16H2,1-2H3,(H,30,33). The molecule has 0 saturated heterocycles. The molecular weight excluding hydrogens is 429 g/mol. The molecule has 1 aliphatic rings. The number of anilines is 1. The first-order valence-corrected chi connectivity index (χ1v) is 11.5. The van der Waals surface area contributed by atoms with Crippen LogP contribution < -0.4 is 10.1 Å². The highest BCUT2D eigenvalue weighted by atomic mass is 19.1. The number of carbonyl (C=O) groups is 1. The minimum atomic E-state index is -0.427. The fraction of sp³-hybridized carbons (Fsp3) is 0.214. The van der Waals surface area contributed by atoms with E-state index in [1.807, 2.05) is 80.7 Å². The minimum Gasteiger partial charge on any atom is -0.491 e. The SMILES string of the molecule is CCOc1ccc(-c2nn(-c3ccccc3)cc2C2CC2C(=O)Nc2ccc(C)cc2)cc1F. The van der Waals surface area contributed by atoms with Gasteiger partial charge in [-0.3, -0.25) is 4.79 Å². The predicted molar refractivity (Wildman–Crippen MR) is 131 cm³/mol. The van der Waals surface area contributed by atoms with E-state index in [0.29, 0.717) is 17.9 Å². The molecule has 6 heteroatoms. The lowest BCUT2D eigenvalue weighted by molar-refractivity contribution is -0.117. The summed E-state index contributed by atoms with van der Waals surface area (Å²) in [5.74, 6) is -0.347. The quantitative estimate of drug-likeness (QED) is 0.365. The second-order valence-electron chi connectivity index (χ2n) is 8.60. The van der Waals surface area contributed by atoms with Gasteiger partial charge in [-0.25, -0.2) is 9.07 Å². The Balaban J connectivity index is 1.45. The Bertz CT molecular complexity index is 1320. The summed E-state index contributed by atoms with van der Waals surface area (Å²) in [5, 5.41) is 7.81. The molecule has 4 aromatic rings. The van der Waals surface area contributed by atoms with Gasteiger partial charge in [0.05, 0.1) is 18.0 Å². The van der Waals surface area contributed by atoms with E-state index in [4.69, 9.17) is 9.84 Å². The average Bonchev–Trinajstić information content (AvgIpc) is 3.53. The lowest BCUT2D eigenvalue weighted by atomic mass is 10.0. The van der Waals surface area contributed by atoms with Crippen LogP contribution in [0.2, 0.25) is 0 Å². The Kier molecular flexibility index (Phi) is 5.88. The first kappa shape index (κ1) is 21.9. The molecule has 5 rings (SSSR count). The third kappa shape index (κ3) is 4.44. The second kappa shape index (κ2) is 9.14. The molecule has 1 N–H and O–H groups in total. The topological polar surface area (TPSA) is 56.2 Å². The Morgan fingerprint density at radius 1 is 1.12 bits per heavy atom.